The van der Waals surface area contributed by atoms with Gasteiger partial charge in [0.15, 0.2) is 0 Å². The third kappa shape index (κ3) is 2.63. The fourth-order valence-corrected chi connectivity index (χ4v) is 4.09. The van der Waals surface area contributed by atoms with Crippen LogP contribution < -0.4 is 0 Å². The summed E-state index contributed by atoms with van der Waals surface area (Å²) in [5.74, 6) is 3.36. The van der Waals surface area contributed by atoms with Gasteiger partial charge in [0.25, 0.3) is 0 Å². The lowest BCUT2D eigenvalue weighted by Gasteiger charge is -2.22. The van der Waals surface area contributed by atoms with Crippen LogP contribution in [-0.4, -0.2) is 22.7 Å². The van der Waals surface area contributed by atoms with Gasteiger partial charge in [-0.05, 0) is 56.1 Å². The zero-order chi connectivity index (χ0) is 9.10. The molecule has 1 saturated heterocycles. The second kappa shape index (κ2) is 4.70. The summed E-state index contributed by atoms with van der Waals surface area (Å²) in [5, 5.41) is 9.80. The molecule has 2 aliphatic rings. The molecule has 2 rings (SSSR count). The largest absolute Gasteiger partial charge is 0.396 e. The fourth-order valence-electron chi connectivity index (χ4n) is 2.52. The maximum atomic E-state index is 8.85. The minimum absolute atomic E-state index is 0.389. The van der Waals surface area contributed by atoms with E-state index in [1.165, 1.54) is 37.9 Å². The summed E-state index contributed by atoms with van der Waals surface area (Å²) < 4.78 is 0. The molecule has 2 fully saturated rings. The summed E-state index contributed by atoms with van der Waals surface area (Å²) in [6.07, 6.45) is 8.10. The predicted octanol–water partition coefficient (Wildman–Crippen LogP) is 2.68. The summed E-state index contributed by atoms with van der Waals surface area (Å²) in [6, 6.07) is 0. The van der Waals surface area contributed by atoms with Crippen LogP contribution in [0.2, 0.25) is 0 Å². The molecule has 1 saturated carbocycles. The van der Waals surface area contributed by atoms with Crippen LogP contribution in [0.25, 0.3) is 0 Å². The van der Waals surface area contributed by atoms with E-state index in [4.69, 9.17) is 5.11 Å². The van der Waals surface area contributed by atoms with Gasteiger partial charge in [0.1, 0.15) is 0 Å². The van der Waals surface area contributed by atoms with Gasteiger partial charge in [-0.2, -0.15) is 11.8 Å². The number of rotatable bonds is 5. The van der Waals surface area contributed by atoms with E-state index in [0.717, 1.165) is 23.5 Å². The van der Waals surface area contributed by atoms with Crippen LogP contribution in [0.1, 0.15) is 38.5 Å². The number of hydrogen-bond donors (Lipinski definition) is 1. The summed E-state index contributed by atoms with van der Waals surface area (Å²) >= 11 is 2.19. The standard InChI is InChI=1S/C11H20OS/c12-7-1-3-10(9-5-6-9)11-4-2-8-13-11/h9-12H,1-8H2. The van der Waals surface area contributed by atoms with Gasteiger partial charge < -0.3 is 5.11 Å². The average Bonchev–Trinajstić information content (AvgIpc) is 2.82. The van der Waals surface area contributed by atoms with Crippen molar-refractivity contribution in [2.45, 2.75) is 43.8 Å². The Balaban J connectivity index is 1.80. The smallest absolute Gasteiger partial charge is 0.0431 e. The molecular formula is C11H20OS. The second-order valence-corrected chi connectivity index (χ2v) is 5.77. The van der Waals surface area contributed by atoms with Crippen molar-refractivity contribution >= 4 is 11.8 Å². The second-order valence-electron chi connectivity index (χ2n) is 4.42. The highest BCUT2D eigenvalue weighted by Crippen LogP contribution is 2.47. The van der Waals surface area contributed by atoms with Crippen LogP contribution in [0.4, 0.5) is 0 Å². The van der Waals surface area contributed by atoms with Crippen molar-refractivity contribution < 1.29 is 5.11 Å². The van der Waals surface area contributed by atoms with E-state index in [0.29, 0.717) is 6.61 Å². The van der Waals surface area contributed by atoms with E-state index in [2.05, 4.69) is 11.8 Å². The zero-order valence-electron chi connectivity index (χ0n) is 8.24. The van der Waals surface area contributed by atoms with E-state index < -0.39 is 0 Å². The van der Waals surface area contributed by atoms with E-state index in [1.54, 1.807) is 0 Å². The molecule has 0 aromatic carbocycles. The lowest BCUT2D eigenvalue weighted by Crippen LogP contribution is -2.17. The third-order valence-corrected chi connectivity index (χ3v) is 4.90. The highest BCUT2D eigenvalue weighted by atomic mass is 32.2. The van der Waals surface area contributed by atoms with Gasteiger partial charge in [0.05, 0.1) is 0 Å². The van der Waals surface area contributed by atoms with Crippen LogP contribution in [0, 0.1) is 11.8 Å². The molecule has 1 nitrogen and oxygen atoms in total. The number of hydrogen-bond acceptors (Lipinski definition) is 2. The van der Waals surface area contributed by atoms with Gasteiger partial charge >= 0.3 is 0 Å². The van der Waals surface area contributed by atoms with Crippen molar-refractivity contribution in [2.24, 2.45) is 11.8 Å². The van der Waals surface area contributed by atoms with Gasteiger partial charge in [-0.1, -0.05) is 0 Å². The van der Waals surface area contributed by atoms with Gasteiger partial charge in [0, 0.05) is 11.9 Å². The van der Waals surface area contributed by atoms with Crippen molar-refractivity contribution in [3.05, 3.63) is 0 Å². The lowest BCUT2D eigenvalue weighted by atomic mass is 9.92. The Bertz CT molecular complexity index is 150. The van der Waals surface area contributed by atoms with Gasteiger partial charge in [-0.25, -0.2) is 0 Å². The summed E-state index contributed by atoms with van der Waals surface area (Å²) in [6.45, 7) is 0.389. The molecule has 1 aliphatic carbocycles. The minimum Gasteiger partial charge on any atom is -0.396 e. The van der Waals surface area contributed by atoms with Gasteiger partial charge in [0.2, 0.25) is 0 Å². The Hall–Kier alpha value is 0.310. The van der Waals surface area contributed by atoms with Crippen LogP contribution in [0.15, 0.2) is 0 Å². The predicted molar refractivity (Wildman–Crippen MR) is 58.0 cm³/mol. The van der Waals surface area contributed by atoms with Gasteiger partial charge in [-0.3, -0.25) is 0 Å². The molecular weight excluding hydrogens is 180 g/mol. The Morgan fingerprint density at radius 3 is 2.69 bits per heavy atom. The van der Waals surface area contributed by atoms with Crippen LogP contribution >= 0.6 is 11.8 Å². The molecule has 1 aliphatic heterocycles. The first-order chi connectivity index (χ1) is 6.42. The van der Waals surface area contributed by atoms with E-state index in [1.807, 2.05) is 0 Å². The molecule has 1 N–H and O–H groups in total. The summed E-state index contributed by atoms with van der Waals surface area (Å²) in [5.41, 5.74) is 0. The van der Waals surface area contributed by atoms with Crippen LogP contribution in [-0.2, 0) is 0 Å². The van der Waals surface area contributed by atoms with Crippen molar-refractivity contribution in [1.29, 1.82) is 0 Å². The summed E-state index contributed by atoms with van der Waals surface area (Å²) in [7, 11) is 0. The molecule has 0 spiro atoms. The fraction of sp³-hybridized carbons (Fsp3) is 1.00. The van der Waals surface area contributed by atoms with Crippen LogP contribution in [0.3, 0.4) is 0 Å². The Morgan fingerprint density at radius 2 is 2.15 bits per heavy atom. The van der Waals surface area contributed by atoms with Crippen LogP contribution in [0.5, 0.6) is 0 Å². The minimum atomic E-state index is 0.389. The molecule has 2 heteroatoms. The van der Waals surface area contributed by atoms with Gasteiger partial charge in [-0.15, -0.1) is 0 Å². The third-order valence-electron chi connectivity index (χ3n) is 3.37. The summed E-state index contributed by atoms with van der Waals surface area (Å²) in [4.78, 5) is 0. The Labute approximate surface area is 85.3 Å². The van der Waals surface area contributed by atoms with Crippen molar-refractivity contribution in [1.82, 2.24) is 0 Å². The molecule has 0 amide bonds. The highest BCUT2D eigenvalue weighted by molar-refractivity contribution is 8.00. The number of thioether (sulfide) groups is 1. The van der Waals surface area contributed by atoms with E-state index in [9.17, 15) is 0 Å². The molecule has 2 atom stereocenters. The first-order valence-corrected chi connectivity index (χ1v) is 6.69. The van der Waals surface area contributed by atoms with Crippen molar-refractivity contribution in [3.8, 4) is 0 Å². The monoisotopic (exact) mass is 200 g/mol. The highest BCUT2D eigenvalue weighted by Gasteiger charge is 2.37. The maximum Gasteiger partial charge on any atom is 0.0431 e. The maximum absolute atomic E-state index is 8.85. The molecule has 0 radical (unpaired) electrons. The number of aliphatic hydroxyl groups excluding tert-OH is 1. The molecule has 0 aromatic rings. The molecule has 2 unspecified atom stereocenters. The molecule has 13 heavy (non-hydrogen) atoms. The van der Waals surface area contributed by atoms with E-state index >= 15 is 0 Å². The quantitative estimate of drug-likeness (QED) is 0.736. The number of aliphatic hydroxyl groups is 1. The zero-order valence-corrected chi connectivity index (χ0v) is 9.06. The Kier molecular flexibility index (Phi) is 3.56. The molecule has 76 valence electrons. The first-order valence-electron chi connectivity index (χ1n) is 5.64. The van der Waals surface area contributed by atoms with Crippen molar-refractivity contribution in [3.63, 3.8) is 0 Å². The molecule has 0 bridgehead atoms. The van der Waals surface area contributed by atoms with Crippen molar-refractivity contribution in [2.75, 3.05) is 12.4 Å². The first kappa shape index (κ1) is 9.85. The molecule has 0 aromatic heterocycles. The average molecular weight is 200 g/mol. The lowest BCUT2D eigenvalue weighted by molar-refractivity contribution is 0.263. The SMILES string of the molecule is OCCCC(C1CC1)C1CCCS1. The topological polar surface area (TPSA) is 20.2 Å². The molecule has 1 heterocycles. The Morgan fingerprint density at radius 1 is 1.31 bits per heavy atom. The van der Waals surface area contributed by atoms with E-state index in [-0.39, 0.29) is 0 Å². The normalized spacial score (nSPS) is 30.7.